The zero-order chi connectivity index (χ0) is 11.0. The van der Waals surface area contributed by atoms with E-state index in [0.717, 1.165) is 31.0 Å². The molecule has 1 aliphatic heterocycles. The van der Waals surface area contributed by atoms with E-state index < -0.39 is 0 Å². The summed E-state index contributed by atoms with van der Waals surface area (Å²) in [6.45, 7) is 4.14. The summed E-state index contributed by atoms with van der Waals surface area (Å²) in [4.78, 5) is 8.49. The van der Waals surface area contributed by atoms with Gasteiger partial charge >= 0.3 is 0 Å². The third-order valence-electron chi connectivity index (χ3n) is 3.01. The second-order valence-corrected chi connectivity index (χ2v) is 5.18. The molecule has 0 aromatic carbocycles. The molecule has 2 nitrogen and oxygen atoms in total. The van der Waals surface area contributed by atoms with Crippen molar-refractivity contribution in [3.63, 3.8) is 0 Å². The molecule has 3 heteroatoms. The van der Waals surface area contributed by atoms with Gasteiger partial charge in [0, 0.05) is 23.7 Å². The number of pyridine rings is 1. The molecule has 0 saturated carbocycles. The van der Waals surface area contributed by atoms with Crippen LogP contribution in [0.5, 0.6) is 0 Å². The van der Waals surface area contributed by atoms with E-state index in [1.54, 1.807) is 4.88 Å². The minimum absolute atomic E-state index is 1.01. The van der Waals surface area contributed by atoms with Crippen molar-refractivity contribution < 1.29 is 0 Å². The second-order valence-electron chi connectivity index (χ2n) is 4.18. The van der Waals surface area contributed by atoms with Gasteiger partial charge in [-0.25, -0.2) is 4.98 Å². The van der Waals surface area contributed by atoms with E-state index in [-0.39, 0.29) is 0 Å². The standard InChI is InChI=1S/C13H14N2S/c1-10-3-2-4-13(14-10)15-7-5-12-11(9-15)6-8-16-12/h2-4,6,8H,5,7,9H2,1H3. The van der Waals surface area contributed by atoms with Crippen LogP contribution in [0.3, 0.4) is 0 Å². The third kappa shape index (κ3) is 1.71. The topological polar surface area (TPSA) is 16.1 Å². The first-order chi connectivity index (χ1) is 7.83. The molecule has 3 heterocycles. The molecule has 0 atom stereocenters. The predicted molar refractivity (Wildman–Crippen MR) is 68.0 cm³/mol. The van der Waals surface area contributed by atoms with E-state index in [2.05, 4.69) is 33.5 Å². The minimum atomic E-state index is 1.01. The van der Waals surface area contributed by atoms with Crippen LogP contribution in [-0.2, 0) is 13.0 Å². The Kier molecular flexibility index (Phi) is 2.40. The Hall–Kier alpha value is -1.35. The summed E-state index contributed by atoms with van der Waals surface area (Å²) in [6, 6.07) is 8.47. The number of anilines is 1. The number of fused-ring (bicyclic) bond motifs is 1. The Morgan fingerprint density at radius 2 is 2.25 bits per heavy atom. The first kappa shape index (κ1) is 9.85. The molecule has 0 fully saturated rings. The fourth-order valence-electron chi connectivity index (χ4n) is 2.15. The van der Waals surface area contributed by atoms with Gasteiger partial charge in [-0.3, -0.25) is 0 Å². The summed E-state index contributed by atoms with van der Waals surface area (Å²) in [5.74, 6) is 1.11. The highest BCUT2D eigenvalue weighted by Crippen LogP contribution is 2.26. The molecular formula is C13H14N2S. The molecule has 2 aromatic heterocycles. The zero-order valence-corrected chi connectivity index (χ0v) is 10.1. The third-order valence-corrected chi connectivity index (χ3v) is 4.03. The van der Waals surface area contributed by atoms with E-state index in [4.69, 9.17) is 0 Å². The average Bonchev–Trinajstić information content (AvgIpc) is 2.75. The summed E-state index contributed by atoms with van der Waals surface area (Å²) in [7, 11) is 0. The number of hydrogen-bond donors (Lipinski definition) is 0. The van der Waals surface area contributed by atoms with Crippen molar-refractivity contribution in [2.75, 3.05) is 11.4 Å². The molecule has 3 rings (SSSR count). The van der Waals surface area contributed by atoms with Crippen molar-refractivity contribution >= 4 is 17.2 Å². The Balaban J connectivity index is 1.88. The molecule has 0 saturated heterocycles. The number of hydrogen-bond acceptors (Lipinski definition) is 3. The normalized spacial score (nSPS) is 14.9. The zero-order valence-electron chi connectivity index (χ0n) is 9.31. The molecule has 0 amide bonds. The maximum absolute atomic E-state index is 4.58. The van der Waals surface area contributed by atoms with Crippen LogP contribution in [0.1, 0.15) is 16.1 Å². The first-order valence-corrected chi connectivity index (χ1v) is 6.45. The molecule has 0 spiro atoms. The SMILES string of the molecule is Cc1cccc(N2CCc3sccc3C2)n1. The van der Waals surface area contributed by atoms with Gasteiger partial charge in [0.05, 0.1) is 0 Å². The second kappa shape index (κ2) is 3.91. The summed E-state index contributed by atoms with van der Waals surface area (Å²) < 4.78 is 0. The molecule has 0 bridgehead atoms. The maximum atomic E-state index is 4.58. The van der Waals surface area contributed by atoms with Crippen LogP contribution in [0.4, 0.5) is 5.82 Å². The Morgan fingerprint density at radius 1 is 1.31 bits per heavy atom. The number of nitrogens with zero attached hydrogens (tertiary/aromatic N) is 2. The molecular weight excluding hydrogens is 216 g/mol. The van der Waals surface area contributed by atoms with E-state index in [1.807, 2.05) is 24.3 Å². The number of aryl methyl sites for hydroxylation is 1. The monoisotopic (exact) mass is 230 g/mol. The lowest BCUT2D eigenvalue weighted by atomic mass is 10.1. The molecule has 1 aliphatic rings. The summed E-state index contributed by atoms with van der Waals surface area (Å²) in [5.41, 5.74) is 2.56. The van der Waals surface area contributed by atoms with Crippen LogP contribution in [0.2, 0.25) is 0 Å². The Morgan fingerprint density at radius 3 is 3.12 bits per heavy atom. The largest absolute Gasteiger partial charge is 0.352 e. The molecule has 0 aliphatic carbocycles. The molecule has 0 unspecified atom stereocenters. The van der Waals surface area contributed by atoms with E-state index in [1.165, 1.54) is 5.56 Å². The number of aromatic nitrogens is 1. The van der Waals surface area contributed by atoms with E-state index in [9.17, 15) is 0 Å². The van der Waals surface area contributed by atoms with Crippen molar-refractivity contribution in [3.8, 4) is 0 Å². The highest BCUT2D eigenvalue weighted by Gasteiger charge is 2.17. The van der Waals surface area contributed by atoms with Crippen LogP contribution in [-0.4, -0.2) is 11.5 Å². The molecule has 0 radical (unpaired) electrons. The Bertz CT molecular complexity index is 504. The van der Waals surface area contributed by atoms with Gasteiger partial charge in [-0.15, -0.1) is 11.3 Å². The fraction of sp³-hybridized carbons (Fsp3) is 0.308. The van der Waals surface area contributed by atoms with Crippen LogP contribution in [0, 0.1) is 6.92 Å². The minimum Gasteiger partial charge on any atom is -0.352 e. The molecule has 16 heavy (non-hydrogen) atoms. The van der Waals surface area contributed by atoms with Crippen LogP contribution < -0.4 is 4.90 Å². The van der Waals surface area contributed by atoms with Gasteiger partial charge in [0.15, 0.2) is 0 Å². The fourth-order valence-corrected chi connectivity index (χ4v) is 3.04. The van der Waals surface area contributed by atoms with E-state index >= 15 is 0 Å². The number of rotatable bonds is 1. The van der Waals surface area contributed by atoms with Crippen molar-refractivity contribution in [2.45, 2.75) is 19.9 Å². The van der Waals surface area contributed by atoms with Gasteiger partial charge in [-0.2, -0.15) is 0 Å². The molecule has 0 N–H and O–H groups in total. The summed E-state index contributed by atoms with van der Waals surface area (Å²) >= 11 is 1.88. The van der Waals surface area contributed by atoms with Crippen LogP contribution >= 0.6 is 11.3 Å². The lowest BCUT2D eigenvalue weighted by molar-refractivity contribution is 0.730. The molecule has 2 aromatic rings. The first-order valence-electron chi connectivity index (χ1n) is 5.57. The smallest absolute Gasteiger partial charge is 0.129 e. The van der Waals surface area contributed by atoms with Gasteiger partial charge < -0.3 is 4.90 Å². The Labute approximate surface area is 99.6 Å². The number of thiophene rings is 1. The van der Waals surface area contributed by atoms with Gasteiger partial charge in [0.25, 0.3) is 0 Å². The average molecular weight is 230 g/mol. The van der Waals surface area contributed by atoms with Crippen molar-refractivity contribution in [1.82, 2.24) is 4.98 Å². The van der Waals surface area contributed by atoms with Crippen LogP contribution in [0.15, 0.2) is 29.6 Å². The molecule has 82 valence electrons. The highest BCUT2D eigenvalue weighted by atomic mass is 32.1. The summed E-state index contributed by atoms with van der Waals surface area (Å²) in [6.07, 6.45) is 1.16. The lowest BCUT2D eigenvalue weighted by Crippen LogP contribution is -2.30. The van der Waals surface area contributed by atoms with Crippen LogP contribution in [0.25, 0.3) is 0 Å². The van der Waals surface area contributed by atoms with E-state index in [0.29, 0.717) is 0 Å². The summed E-state index contributed by atoms with van der Waals surface area (Å²) in [5, 5.41) is 2.19. The van der Waals surface area contributed by atoms with Crippen molar-refractivity contribution in [1.29, 1.82) is 0 Å². The van der Waals surface area contributed by atoms with Gasteiger partial charge in [0.2, 0.25) is 0 Å². The quantitative estimate of drug-likeness (QED) is 0.748. The van der Waals surface area contributed by atoms with Gasteiger partial charge in [-0.1, -0.05) is 6.07 Å². The lowest BCUT2D eigenvalue weighted by Gasteiger charge is -2.28. The highest BCUT2D eigenvalue weighted by molar-refractivity contribution is 7.10. The van der Waals surface area contributed by atoms with Gasteiger partial charge in [0.1, 0.15) is 5.82 Å². The van der Waals surface area contributed by atoms with Crippen molar-refractivity contribution in [2.24, 2.45) is 0 Å². The van der Waals surface area contributed by atoms with Gasteiger partial charge in [-0.05, 0) is 42.5 Å². The predicted octanol–water partition coefficient (Wildman–Crippen LogP) is 3.01. The maximum Gasteiger partial charge on any atom is 0.129 e. The van der Waals surface area contributed by atoms with Crippen molar-refractivity contribution in [3.05, 3.63) is 45.8 Å².